The van der Waals surface area contributed by atoms with Crippen LogP contribution in [0.4, 0.5) is 24.7 Å². The van der Waals surface area contributed by atoms with Gasteiger partial charge in [0, 0.05) is 66.3 Å². The molecular weight excluding hydrogens is 491 g/mol. The Bertz CT molecular complexity index is 1410. The maximum absolute atomic E-state index is 14.0. The Morgan fingerprint density at radius 3 is 2.67 bits per heavy atom. The van der Waals surface area contributed by atoms with Crippen LogP contribution in [0.5, 0.6) is 0 Å². The highest BCUT2D eigenvalue weighted by Gasteiger charge is 2.33. The van der Waals surface area contributed by atoms with E-state index in [2.05, 4.69) is 15.3 Å². The number of nitrogens with one attached hydrogen (secondary N) is 2. The average Bonchev–Trinajstić information content (AvgIpc) is 2.98. The van der Waals surface area contributed by atoms with Crippen LogP contribution in [0, 0.1) is 17.5 Å². The van der Waals surface area contributed by atoms with Crippen LogP contribution in [0.2, 0.25) is 0 Å². The van der Waals surface area contributed by atoms with Crippen LogP contribution >= 0.6 is 0 Å². The fourth-order valence-corrected chi connectivity index (χ4v) is 4.93. The third kappa shape index (κ3) is 5.67. The largest absolute Gasteiger partial charge is 0.356 e. The number of rotatable bonds is 5. The van der Waals surface area contributed by atoms with Crippen LogP contribution in [0.25, 0.3) is 11.1 Å². The monoisotopic (exact) mass is 517 g/mol. The number of anilines is 2. The van der Waals surface area contributed by atoms with Gasteiger partial charge in [-0.25, -0.2) is 27.1 Å². The van der Waals surface area contributed by atoms with Crippen LogP contribution in [0.15, 0.2) is 53.8 Å². The molecule has 0 spiro atoms. The molecule has 0 bridgehead atoms. The van der Waals surface area contributed by atoms with E-state index in [1.165, 1.54) is 36.8 Å². The summed E-state index contributed by atoms with van der Waals surface area (Å²) in [6, 6.07) is 7.46. The summed E-state index contributed by atoms with van der Waals surface area (Å²) >= 11 is 0. The van der Waals surface area contributed by atoms with Gasteiger partial charge in [-0.05, 0) is 43.2 Å². The zero-order chi connectivity index (χ0) is 26.1. The third-order valence-electron chi connectivity index (χ3n) is 6.12. The SMILES string of the molecule is Cc1c(-c2cncc(F)c2)cnc(N2CCCC(F)(F)CC2)c1C(=O)Nc1cccc(S(C)(=N)=O)c1. The Hall–Kier alpha value is -3.47. The number of hydrogen-bond donors (Lipinski definition) is 2. The molecule has 3 aromatic rings. The van der Waals surface area contributed by atoms with E-state index in [9.17, 15) is 22.2 Å². The van der Waals surface area contributed by atoms with E-state index >= 15 is 0 Å². The third-order valence-corrected chi connectivity index (χ3v) is 7.27. The highest BCUT2D eigenvalue weighted by atomic mass is 32.2. The highest BCUT2D eigenvalue weighted by Crippen LogP contribution is 2.34. The van der Waals surface area contributed by atoms with Crippen molar-refractivity contribution in [1.82, 2.24) is 9.97 Å². The van der Waals surface area contributed by atoms with Gasteiger partial charge in [0.15, 0.2) is 0 Å². The molecule has 1 saturated heterocycles. The first-order valence-electron chi connectivity index (χ1n) is 11.3. The lowest BCUT2D eigenvalue weighted by atomic mass is 9.98. The predicted molar refractivity (Wildman–Crippen MR) is 133 cm³/mol. The van der Waals surface area contributed by atoms with Gasteiger partial charge >= 0.3 is 0 Å². The van der Waals surface area contributed by atoms with Crippen LogP contribution < -0.4 is 10.2 Å². The van der Waals surface area contributed by atoms with Gasteiger partial charge in [0.05, 0.1) is 21.5 Å². The van der Waals surface area contributed by atoms with Gasteiger partial charge in [-0.3, -0.25) is 9.78 Å². The second kappa shape index (κ2) is 9.88. The van der Waals surface area contributed by atoms with Gasteiger partial charge in [-0.1, -0.05) is 6.07 Å². The predicted octanol–water partition coefficient (Wildman–Crippen LogP) is 5.50. The highest BCUT2D eigenvalue weighted by molar-refractivity contribution is 7.91. The molecule has 4 rings (SSSR count). The lowest BCUT2D eigenvalue weighted by molar-refractivity contribution is -0.0102. The van der Waals surface area contributed by atoms with Crippen molar-refractivity contribution in [2.45, 2.75) is 37.0 Å². The number of nitrogens with zero attached hydrogens (tertiary/aromatic N) is 3. The summed E-state index contributed by atoms with van der Waals surface area (Å²) in [7, 11) is -3.01. The fraction of sp³-hybridized carbons (Fsp3) is 0.320. The number of hydrogen-bond acceptors (Lipinski definition) is 6. The minimum absolute atomic E-state index is 0.0206. The quantitative estimate of drug-likeness (QED) is 0.465. The molecule has 3 heterocycles. The molecule has 1 atom stereocenters. The molecule has 1 fully saturated rings. The summed E-state index contributed by atoms with van der Waals surface area (Å²) in [4.78, 5) is 23.9. The Labute approximate surface area is 207 Å². The summed E-state index contributed by atoms with van der Waals surface area (Å²) in [6.07, 6.45) is 4.93. The van der Waals surface area contributed by atoms with E-state index in [1.807, 2.05) is 0 Å². The number of benzene rings is 1. The van der Waals surface area contributed by atoms with Crippen molar-refractivity contribution < 1.29 is 22.2 Å². The summed E-state index contributed by atoms with van der Waals surface area (Å²) < 4.78 is 61.9. The van der Waals surface area contributed by atoms with Crippen molar-refractivity contribution in [3.8, 4) is 11.1 Å². The maximum Gasteiger partial charge on any atom is 0.259 e. The number of carbonyl (C=O) groups is 1. The first-order valence-corrected chi connectivity index (χ1v) is 13.3. The van der Waals surface area contributed by atoms with Crippen molar-refractivity contribution in [2.24, 2.45) is 0 Å². The van der Waals surface area contributed by atoms with Crippen LogP contribution in [0.1, 0.15) is 35.2 Å². The van der Waals surface area contributed by atoms with Gasteiger partial charge < -0.3 is 10.2 Å². The van der Waals surface area contributed by atoms with Gasteiger partial charge in [0.1, 0.15) is 11.6 Å². The van der Waals surface area contributed by atoms with E-state index in [0.29, 0.717) is 28.9 Å². The summed E-state index contributed by atoms with van der Waals surface area (Å²) in [5.41, 5.74) is 1.87. The molecule has 11 heteroatoms. The first-order chi connectivity index (χ1) is 16.9. The molecule has 0 radical (unpaired) electrons. The molecule has 1 amide bonds. The number of aromatic nitrogens is 2. The fourth-order valence-electron chi connectivity index (χ4n) is 4.24. The molecule has 1 aromatic carbocycles. The smallest absolute Gasteiger partial charge is 0.259 e. The molecule has 2 aromatic heterocycles. The van der Waals surface area contributed by atoms with Crippen LogP contribution in [-0.4, -0.2) is 45.4 Å². The standard InChI is InChI=1S/C25H26F3N5O2S/c1-16-21(17-11-18(26)14-30-13-17)15-31-23(33-9-4-7-25(27,28)8-10-33)22(16)24(34)32-19-5-3-6-20(12-19)36(2,29)35/h3,5-6,11-15,29H,4,7-10H2,1-2H3,(H,32,34). The van der Waals surface area contributed by atoms with Crippen molar-refractivity contribution in [3.63, 3.8) is 0 Å². The molecule has 0 saturated carbocycles. The van der Waals surface area contributed by atoms with Crippen molar-refractivity contribution in [3.05, 3.63) is 65.9 Å². The number of halogens is 3. The zero-order valence-corrected chi connectivity index (χ0v) is 20.7. The van der Waals surface area contributed by atoms with Gasteiger partial charge in [-0.15, -0.1) is 0 Å². The van der Waals surface area contributed by atoms with Crippen molar-refractivity contribution >= 4 is 27.1 Å². The number of pyridine rings is 2. The molecule has 0 aliphatic carbocycles. The normalized spacial score (nSPS) is 17.2. The van der Waals surface area contributed by atoms with Crippen molar-refractivity contribution in [2.75, 3.05) is 29.6 Å². The summed E-state index contributed by atoms with van der Waals surface area (Å²) in [5.74, 6) is -3.63. The summed E-state index contributed by atoms with van der Waals surface area (Å²) in [5, 5.41) is 2.76. The zero-order valence-electron chi connectivity index (χ0n) is 19.9. The lowest BCUT2D eigenvalue weighted by Gasteiger charge is -2.26. The molecule has 36 heavy (non-hydrogen) atoms. The molecule has 190 valence electrons. The molecule has 1 aliphatic rings. The summed E-state index contributed by atoms with van der Waals surface area (Å²) in [6.45, 7) is 2.01. The van der Waals surface area contributed by atoms with E-state index in [-0.39, 0.29) is 42.1 Å². The average molecular weight is 518 g/mol. The minimum Gasteiger partial charge on any atom is -0.356 e. The second-order valence-electron chi connectivity index (χ2n) is 8.91. The maximum atomic E-state index is 14.0. The van der Waals surface area contributed by atoms with Crippen LogP contribution in [0.3, 0.4) is 0 Å². The number of alkyl halides is 2. The van der Waals surface area contributed by atoms with Gasteiger partial charge in [-0.2, -0.15) is 0 Å². The number of carbonyl (C=O) groups excluding carboxylic acids is 1. The minimum atomic E-state index is -3.01. The van der Waals surface area contributed by atoms with Crippen molar-refractivity contribution in [1.29, 1.82) is 4.78 Å². The van der Waals surface area contributed by atoms with Gasteiger partial charge in [0.25, 0.3) is 5.91 Å². The molecular formula is C25H26F3N5O2S. The van der Waals surface area contributed by atoms with E-state index < -0.39 is 27.4 Å². The van der Waals surface area contributed by atoms with Gasteiger partial charge in [0.2, 0.25) is 5.92 Å². The van der Waals surface area contributed by atoms with E-state index in [4.69, 9.17) is 4.78 Å². The van der Waals surface area contributed by atoms with E-state index in [0.717, 1.165) is 6.20 Å². The Balaban J connectivity index is 1.79. The Kier molecular flexibility index (Phi) is 7.03. The lowest BCUT2D eigenvalue weighted by Crippen LogP contribution is -2.30. The number of amides is 1. The van der Waals surface area contributed by atoms with Crippen LogP contribution in [-0.2, 0) is 9.73 Å². The first kappa shape index (κ1) is 25.6. The molecule has 1 unspecified atom stereocenters. The topological polar surface area (TPSA) is 99.0 Å². The Morgan fingerprint density at radius 2 is 1.94 bits per heavy atom. The molecule has 1 aliphatic heterocycles. The molecule has 2 N–H and O–H groups in total. The second-order valence-corrected chi connectivity index (χ2v) is 11.1. The molecule has 7 nitrogen and oxygen atoms in total. The van der Waals surface area contributed by atoms with E-state index in [1.54, 1.807) is 24.0 Å². The Morgan fingerprint density at radius 1 is 1.17 bits per heavy atom.